The highest BCUT2D eigenvalue weighted by atomic mass is 32.2. The second kappa shape index (κ2) is 5.21. The predicted molar refractivity (Wildman–Crippen MR) is 66.7 cm³/mol. The van der Waals surface area contributed by atoms with Crippen LogP contribution in [0.4, 0.5) is 0 Å². The molecule has 0 saturated heterocycles. The molecule has 0 radical (unpaired) electrons. The van der Waals surface area contributed by atoms with E-state index in [-0.39, 0.29) is 9.88 Å². The number of amides is 1. The third kappa shape index (κ3) is 3.77. The van der Waals surface area contributed by atoms with Gasteiger partial charge < -0.3 is 11.5 Å². The van der Waals surface area contributed by atoms with E-state index in [1.807, 2.05) is 0 Å². The molecule has 1 aromatic carbocycles. The van der Waals surface area contributed by atoms with Crippen molar-refractivity contribution in [1.82, 2.24) is 4.72 Å². The maximum absolute atomic E-state index is 11.7. The number of thiocarbonyl (C=S) groups is 1. The van der Waals surface area contributed by atoms with Crippen molar-refractivity contribution in [3.8, 4) is 0 Å². The maximum Gasteiger partial charge on any atom is 0.241 e. The average Bonchev–Trinajstić information content (AvgIpc) is 2.27. The van der Waals surface area contributed by atoms with Crippen LogP contribution >= 0.6 is 12.2 Å². The lowest BCUT2D eigenvalue weighted by molar-refractivity contribution is -0.116. The zero-order valence-corrected chi connectivity index (χ0v) is 10.3. The van der Waals surface area contributed by atoms with Crippen LogP contribution in [0.15, 0.2) is 29.2 Å². The number of nitrogens with one attached hydrogen (secondary N) is 1. The Morgan fingerprint density at radius 3 is 2.53 bits per heavy atom. The van der Waals surface area contributed by atoms with Gasteiger partial charge in [-0.3, -0.25) is 4.79 Å². The molecular formula is C9H11N3O3S2. The van der Waals surface area contributed by atoms with E-state index in [0.717, 1.165) is 0 Å². The van der Waals surface area contributed by atoms with Gasteiger partial charge in [-0.05, 0) is 12.1 Å². The molecule has 5 N–H and O–H groups in total. The molecular weight excluding hydrogens is 262 g/mol. The monoisotopic (exact) mass is 273 g/mol. The van der Waals surface area contributed by atoms with Crippen molar-refractivity contribution in [2.75, 3.05) is 6.54 Å². The molecule has 0 aliphatic heterocycles. The number of hydrogen-bond donors (Lipinski definition) is 3. The van der Waals surface area contributed by atoms with E-state index in [2.05, 4.69) is 4.72 Å². The molecule has 1 rings (SSSR count). The Morgan fingerprint density at radius 1 is 1.35 bits per heavy atom. The summed E-state index contributed by atoms with van der Waals surface area (Å²) in [5.41, 5.74) is 10.7. The number of hydrogen-bond acceptors (Lipinski definition) is 4. The lowest BCUT2D eigenvalue weighted by Gasteiger charge is -2.06. The van der Waals surface area contributed by atoms with Gasteiger partial charge in [0.05, 0.1) is 11.4 Å². The quantitative estimate of drug-likeness (QED) is 0.600. The molecule has 0 saturated carbocycles. The smallest absolute Gasteiger partial charge is 0.241 e. The molecule has 0 fully saturated rings. The molecule has 8 heteroatoms. The van der Waals surface area contributed by atoms with Crippen LogP contribution in [0.2, 0.25) is 0 Å². The number of benzene rings is 1. The summed E-state index contributed by atoms with van der Waals surface area (Å²) in [7, 11) is -3.78. The first-order valence-corrected chi connectivity index (χ1v) is 6.40. The lowest BCUT2D eigenvalue weighted by Crippen LogP contribution is -2.33. The standard InChI is InChI=1S/C9H11N3O3S2/c10-8(13)5-12-17(14,15)7-3-1-2-6(4-7)9(11)16/h1-4,12H,5H2,(H2,10,13)(H2,11,16). The van der Waals surface area contributed by atoms with Gasteiger partial charge in [-0.2, -0.15) is 0 Å². The van der Waals surface area contributed by atoms with Crippen LogP contribution in [0, 0.1) is 0 Å². The Hall–Kier alpha value is -1.51. The molecule has 0 aliphatic carbocycles. The molecule has 0 spiro atoms. The van der Waals surface area contributed by atoms with Gasteiger partial charge in [0.25, 0.3) is 0 Å². The summed E-state index contributed by atoms with van der Waals surface area (Å²) >= 11 is 4.74. The molecule has 92 valence electrons. The van der Waals surface area contributed by atoms with E-state index in [1.165, 1.54) is 18.2 Å². The van der Waals surface area contributed by atoms with Crippen LogP contribution in [0.3, 0.4) is 0 Å². The van der Waals surface area contributed by atoms with Crippen molar-refractivity contribution in [1.29, 1.82) is 0 Å². The van der Waals surface area contributed by atoms with Crippen LogP contribution in [0.5, 0.6) is 0 Å². The van der Waals surface area contributed by atoms with Crippen molar-refractivity contribution in [3.05, 3.63) is 29.8 Å². The van der Waals surface area contributed by atoms with Gasteiger partial charge >= 0.3 is 0 Å². The average molecular weight is 273 g/mol. The fourth-order valence-electron chi connectivity index (χ4n) is 1.07. The number of primary amides is 1. The third-order valence-electron chi connectivity index (χ3n) is 1.87. The van der Waals surface area contributed by atoms with Gasteiger partial charge in [0.15, 0.2) is 0 Å². The maximum atomic E-state index is 11.7. The minimum absolute atomic E-state index is 0.0240. The van der Waals surface area contributed by atoms with Crippen molar-refractivity contribution in [2.24, 2.45) is 11.5 Å². The molecule has 0 aromatic heterocycles. The van der Waals surface area contributed by atoms with E-state index in [4.69, 9.17) is 23.7 Å². The molecule has 1 amide bonds. The molecule has 0 atom stereocenters. The largest absolute Gasteiger partial charge is 0.389 e. The van der Waals surface area contributed by atoms with E-state index in [0.29, 0.717) is 5.56 Å². The summed E-state index contributed by atoms with van der Waals surface area (Å²) in [6.07, 6.45) is 0. The first kappa shape index (κ1) is 13.6. The number of rotatable bonds is 5. The molecule has 17 heavy (non-hydrogen) atoms. The van der Waals surface area contributed by atoms with E-state index < -0.39 is 22.5 Å². The Kier molecular flexibility index (Phi) is 4.16. The Balaban J connectivity index is 3.03. The number of carbonyl (C=O) groups is 1. The minimum Gasteiger partial charge on any atom is -0.389 e. The normalized spacial score (nSPS) is 11.1. The fourth-order valence-corrected chi connectivity index (χ4v) is 2.23. The second-order valence-electron chi connectivity index (χ2n) is 3.18. The first-order valence-electron chi connectivity index (χ1n) is 4.51. The van der Waals surface area contributed by atoms with Crippen LogP contribution in [-0.4, -0.2) is 25.9 Å². The Morgan fingerprint density at radius 2 is 2.00 bits per heavy atom. The summed E-state index contributed by atoms with van der Waals surface area (Å²) in [6, 6.07) is 5.79. The highest BCUT2D eigenvalue weighted by Gasteiger charge is 2.15. The van der Waals surface area contributed by atoms with E-state index in [9.17, 15) is 13.2 Å². The zero-order valence-electron chi connectivity index (χ0n) is 8.71. The second-order valence-corrected chi connectivity index (χ2v) is 5.39. The number of carbonyl (C=O) groups excluding carboxylic acids is 1. The number of sulfonamides is 1. The van der Waals surface area contributed by atoms with Crippen LogP contribution in [0.25, 0.3) is 0 Å². The first-order chi connectivity index (χ1) is 7.83. The van der Waals surface area contributed by atoms with E-state index >= 15 is 0 Å². The zero-order chi connectivity index (χ0) is 13.1. The van der Waals surface area contributed by atoms with Crippen molar-refractivity contribution in [3.63, 3.8) is 0 Å². The fraction of sp³-hybridized carbons (Fsp3) is 0.111. The van der Waals surface area contributed by atoms with Crippen molar-refractivity contribution in [2.45, 2.75) is 4.90 Å². The molecule has 1 aromatic rings. The molecule has 6 nitrogen and oxygen atoms in total. The summed E-state index contributed by atoms with van der Waals surface area (Å²) in [5, 5.41) is 0. The van der Waals surface area contributed by atoms with Gasteiger partial charge in [0.1, 0.15) is 4.99 Å². The third-order valence-corrected chi connectivity index (χ3v) is 3.50. The molecule has 0 aliphatic rings. The minimum atomic E-state index is -3.78. The molecule has 0 unspecified atom stereocenters. The van der Waals surface area contributed by atoms with Crippen LogP contribution < -0.4 is 16.2 Å². The summed E-state index contributed by atoms with van der Waals surface area (Å²) < 4.78 is 25.5. The highest BCUT2D eigenvalue weighted by Crippen LogP contribution is 2.11. The number of nitrogens with two attached hydrogens (primary N) is 2. The van der Waals surface area contributed by atoms with Gasteiger partial charge in [0.2, 0.25) is 15.9 Å². The van der Waals surface area contributed by atoms with Crippen molar-refractivity contribution >= 4 is 33.1 Å². The summed E-state index contributed by atoms with van der Waals surface area (Å²) in [6.45, 7) is -0.459. The lowest BCUT2D eigenvalue weighted by atomic mass is 10.2. The van der Waals surface area contributed by atoms with E-state index in [1.54, 1.807) is 6.07 Å². The van der Waals surface area contributed by atoms with Gasteiger partial charge in [-0.15, -0.1) is 0 Å². The van der Waals surface area contributed by atoms with Crippen LogP contribution in [0.1, 0.15) is 5.56 Å². The predicted octanol–water partition coefficient (Wildman–Crippen LogP) is -0.916. The summed E-state index contributed by atoms with van der Waals surface area (Å²) in [5.74, 6) is -0.765. The topological polar surface area (TPSA) is 115 Å². The highest BCUT2D eigenvalue weighted by molar-refractivity contribution is 7.89. The SMILES string of the molecule is NC(=O)CNS(=O)(=O)c1cccc(C(N)=S)c1. The molecule has 0 bridgehead atoms. The van der Waals surface area contributed by atoms with Gasteiger partial charge in [-0.1, -0.05) is 24.4 Å². The van der Waals surface area contributed by atoms with Crippen LogP contribution in [-0.2, 0) is 14.8 Å². The summed E-state index contributed by atoms with van der Waals surface area (Å²) in [4.78, 5) is 10.6. The van der Waals surface area contributed by atoms with Gasteiger partial charge in [0, 0.05) is 5.56 Å². The van der Waals surface area contributed by atoms with Crippen molar-refractivity contribution < 1.29 is 13.2 Å². The van der Waals surface area contributed by atoms with Gasteiger partial charge in [-0.25, -0.2) is 13.1 Å². The Bertz CT molecular complexity index is 554. The Labute approximate surface area is 104 Å². The molecule has 0 heterocycles.